The highest BCUT2D eigenvalue weighted by atomic mass is 16.6. The summed E-state index contributed by atoms with van der Waals surface area (Å²) >= 11 is 0. The fourth-order valence-electron chi connectivity index (χ4n) is 7.05. The third-order valence-corrected chi connectivity index (χ3v) is 9.42. The molecular weight excluding hydrogens is 570 g/mol. The molecule has 240 valence electrons. The van der Waals surface area contributed by atoms with Gasteiger partial charge in [0.15, 0.2) is 0 Å². The normalized spacial score (nSPS) is 17.4. The van der Waals surface area contributed by atoms with Gasteiger partial charge in [0.1, 0.15) is 12.2 Å². The van der Waals surface area contributed by atoms with Gasteiger partial charge in [0.2, 0.25) is 0 Å². The molecule has 1 unspecified atom stereocenters. The highest BCUT2D eigenvalue weighted by molar-refractivity contribution is 5.91. The van der Waals surface area contributed by atoms with Gasteiger partial charge in [-0.1, -0.05) is 62.4 Å². The highest BCUT2D eigenvalue weighted by Crippen LogP contribution is 2.45. The van der Waals surface area contributed by atoms with Gasteiger partial charge in [-0.2, -0.15) is 0 Å². The van der Waals surface area contributed by atoms with Crippen LogP contribution in [0.3, 0.4) is 0 Å². The smallest absolute Gasteiger partial charge is 0.410 e. The van der Waals surface area contributed by atoms with Crippen LogP contribution in [0.2, 0.25) is 0 Å². The first-order chi connectivity index (χ1) is 21.1. The Morgan fingerprint density at radius 2 is 1.56 bits per heavy atom. The lowest BCUT2D eigenvalue weighted by Crippen LogP contribution is -2.58. The van der Waals surface area contributed by atoms with E-state index in [1.54, 1.807) is 16.7 Å². The van der Waals surface area contributed by atoms with Crippen molar-refractivity contribution >= 4 is 18.2 Å². The number of fused-ring (bicyclic) bond motifs is 3. The molecule has 1 aromatic heterocycles. The third kappa shape index (κ3) is 6.17. The van der Waals surface area contributed by atoms with E-state index in [4.69, 9.17) is 9.47 Å². The number of nitrogens with zero attached hydrogens (tertiary/aromatic N) is 3. The molecule has 5 rings (SSSR count). The molecule has 1 aliphatic carbocycles. The summed E-state index contributed by atoms with van der Waals surface area (Å²) < 4.78 is 13.7. The van der Waals surface area contributed by atoms with Gasteiger partial charge in [-0.25, -0.2) is 14.4 Å². The van der Waals surface area contributed by atoms with Crippen molar-refractivity contribution in [3.63, 3.8) is 0 Å². The summed E-state index contributed by atoms with van der Waals surface area (Å²) in [5.41, 5.74) is 5.55. The maximum atomic E-state index is 14.2. The lowest BCUT2D eigenvalue weighted by atomic mass is 9.78. The van der Waals surface area contributed by atoms with Gasteiger partial charge in [-0.3, -0.25) is 0 Å². The van der Waals surface area contributed by atoms with Gasteiger partial charge in [0.05, 0.1) is 12.1 Å². The third-order valence-electron chi connectivity index (χ3n) is 9.42. The molecule has 0 bridgehead atoms. The van der Waals surface area contributed by atoms with Crippen LogP contribution in [0.1, 0.15) is 85.4 Å². The van der Waals surface area contributed by atoms with E-state index in [1.807, 2.05) is 77.4 Å². The number of hydrogen-bond acceptors (Lipinski definition) is 5. The van der Waals surface area contributed by atoms with Crippen LogP contribution in [0, 0.1) is 19.3 Å². The second-order valence-electron chi connectivity index (χ2n) is 14.0. The second-order valence-corrected chi connectivity index (χ2v) is 14.0. The zero-order valence-corrected chi connectivity index (χ0v) is 27.6. The van der Waals surface area contributed by atoms with Gasteiger partial charge in [0, 0.05) is 54.5 Å². The van der Waals surface area contributed by atoms with Gasteiger partial charge in [0.25, 0.3) is 0 Å². The lowest BCUT2D eigenvalue weighted by molar-refractivity contribution is -0.0217. The zero-order valence-electron chi connectivity index (χ0n) is 27.6. The Morgan fingerprint density at radius 3 is 2.09 bits per heavy atom. The van der Waals surface area contributed by atoms with Crippen LogP contribution in [-0.4, -0.2) is 69.0 Å². The van der Waals surface area contributed by atoms with E-state index in [0.717, 1.165) is 27.9 Å². The molecule has 2 amide bonds. The second kappa shape index (κ2) is 11.9. The summed E-state index contributed by atoms with van der Waals surface area (Å²) in [4.78, 5) is 43.0. The van der Waals surface area contributed by atoms with Crippen LogP contribution in [0.4, 0.5) is 9.59 Å². The molecule has 1 saturated heterocycles. The molecule has 1 fully saturated rings. The SMILES string of the molecule is Cc1c(CN(C(=O)OCC2c3ccccc3-c3ccccc32)C2CCN(C(=O)OC(C)(C)C)CC2(C)C)c(C(=O)O)c(C)n1C. The molecule has 1 atom stereocenters. The van der Waals surface area contributed by atoms with E-state index in [1.165, 1.54) is 0 Å². The Labute approximate surface area is 265 Å². The average molecular weight is 616 g/mol. The number of carbonyl (C=O) groups is 3. The maximum Gasteiger partial charge on any atom is 0.410 e. The van der Waals surface area contributed by atoms with E-state index in [9.17, 15) is 19.5 Å². The number of benzene rings is 2. The number of carboxylic acid groups (broad SMARTS) is 1. The Balaban J connectivity index is 1.46. The van der Waals surface area contributed by atoms with Crippen molar-refractivity contribution in [3.8, 4) is 11.1 Å². The van der Waals surface area contributed by atoms with Crippen molar-refractivity contribution in [3.05, 3.63) is 82.2 Å². The standard InChI is InChI=1S/C36H45N3O6/c1-22-28(31(32(40)41)23(2)37(22)8)19-39(30-17-18-38(21-36(30,6)7)33(42)45-35(3,4)5)34(43)44-20-29-26-15-11-9-13-24(26)25-14-10-12-16-27(25)29/h9-16,29-30H,17-21H2,1-8H3,(H,40,41). The number of ether oxygens (including phenoxy) is 2. The van der Waals surface area contributed by atoms with Gasteiger partial charge in [-0.05, 0) is 63.3 Å². The number of rotatable bonds is 6. The van der Waals surface area contributed by atoms with Crippen LogP contribution in [0.25, 0.3) is 11.1 Å². The van der Waals surface area contributed by atoms with Crippen LogP contribution in [0.15, 0.2) is 48.5 Å². The summed E-state index contributed by atoms with van der Waals surface area (Å²) in [6.07, 6.45) is -0.397. The molecule has 2 aliphatic rings. The quantitative estimate of drug-likeness (QED) is 0.317. The van der Waals surface area contributed by atoms with Crippen molar-refractivity contribution in [1.29, 1.82) is 0 Å². The predicted molar refractivity (Wildman–Crippen MR) is 172 cm³/mol. The average Bonchev–Trinajstić information content (AvgIpc) is 3.40. The van der Waals surface area contributed by atoms with Crippen LogP contribution in [0.5, 0.6) is 0 Å². The minimum absolute atomic E-state index is 0.0757. The van der Waals surface area contributed by atoms with Crippen molar-refractivity contribution < 1.29 is 29.0 Å². The van der Waals surface area contributed by atoms with E-state index >= 15 is 0 Å². The van der Waals surface area contributed by atoms with Crippen LogP contribution < -0.4 is 0 Å². The molecule has 3 aromatic rings. The minimum atomic E-state index is -1.03. The molecule has 0 radical (unpaired) electrons. The van der Waals surface area contributed by atoms with E-state index in [0.29, 0.717) is 30.8 Å². The Morgan fingerprint density at radius 1 is 0.978 bits per heavy atom. The van der Waals surface area contributed by atoms with Crippen molar-refractivity contribution in [2.45, 2.75) is 79.0 Å². The number of amides is 2. The molecule has 9 nitrogen and oxygen atoms in total. The minimum Gasteiger partial charge on any atom is -0.478 e. The number of piperidine rings is 1. The first-order valence-corrected chi connectivity index (χ1v) is 15.6. The van der Waals surface area contributed by atoms with Gasteiger partial charge < -0.3 is 28.9 Å². The lowest BCUT2D eigenvalue weighted by Gasteiger charge is -2.48. The first-order valence-electron chi connectivity index (χ1n) is 15.6. The summed E-state index contributed by atoms with van der Waals surface area (Å²) in [6, 6.07) is 16.1. The summed E-state index contributed by atoms with van der Waals surface area (Å²) in [7, 11) is 1.83. The van der Waals surface area contributed by atoms with Crippen LogP contribution in [-0.2, 0) is 23.1 Å². The molecule has 0 saturated carbocycles. The number of carbonyl (C=O) groups excluding carboxylic acids is 2. The monoisotopic (exact) mass is 615 g/mol. The van der Waals surface area contributed by atoms with Gasteiger partial charge in [-0.15, -0.1) is 0 Å². The molecule has 2 aromatic carbocycles. The zero-order chi connectivity index (χ0) is 32.8. The van der Waals surface area contributed by atoms with E-state index < -0.39 is 23.1 Å². The molecule has 1 aliphatic heterocycles. The Bertz CT molecular complexity index is 1590. The summed E-state index contributed by atoms with van der Waals surface area (Å²) in [5.74, 6) is -1.14. The fraction of sp³-hybridized carbons (Fsp3) is 0.472. The predicted octanol–water partition coefficient (Wildman–Crippen LogP) is 7.13. The fourth-order valence-corrected chi connectivity index (χ4v) is 7.05. The van der Waals surface area contributed by atoms with Crippen molar-refractivity contribution in [2.24, 2.45) is 12.5 Å². The topological polar surface area (TPSA) is 101 Å². The molecule has 9 heteroatoms. The first kappa shape index (κ1) is 32.1. The van der Waals surface area contributed by atoms with Crippen LogP contribution >= 0.6 is 0 Å². The highest BCUT2D eigenvalue weighted by Gasteiger charge is 2.45. The maximum absolute atomic E-state index is 14.2. The number of hydrogen-bond donors (Lipinski definition) is 1. The largest absolute Gasteiger partial charge is 0.478 e. The van der Waals surface area contributed by atoms with Gasteiger partial charge >= 0.3 is 18.2 Å². The number of aromatic carboxylic acids is 1. The number of aromatic nitrogens is 1. The van der Waals surface area contributed by atoms with Crippen molar-refractivity contribution in [1.82, 2.24) is 14.4 Å². The molecule has 45 heavy (non-hydrogen) atoms. The Kier molecular flexibility index (Phi) is 8.51. The number of carboxylic acids is 1. The van der Waals surface area contributed by atoms with E-state index in [2.05, 4.69) is 24.3 Å². The van der Waals surface area contributed by atoms with E-state index in [-0.39, 0.29) is 36.8 Å². The summed E-state index contributed by atoms with van der Waals surface area (Å²) in [5, 5.41) is 10.2. The van der Waals surface area contributed by atoms with Crippen molar-refractivity contribution in [2.75, 3.05) is 19.7 Å². The molecule has 2 heterocycles. The summed E-state index contributed by atoms with van der Waals surface area (Å²) in [6.45, 7) is 14.2. The molecule has 0 spiro atoms. The molecule has 1 N–H and O–H groups in total. The molecular formula is C36H45N3O6. The number of likely N-dealkylation sites (tertiary alicyclic amines) is 1. The Hall–Kier alpha value is -4.27.